The van der Waals surface area contributed by atoms with Crippen LogP contribution in [0.2, 0.25) is 5.02 Å². The van der Waals surface area contributed by atoms with Crippen molar-refractivity contribution < 1.29 is 19.1 Å². The third-order valence-electron chi connectivity index (χ3n) is 4.58. The van der Waals surface area contributed by atoms with Gasteiger partial charge in [0.25, 0.3) is 0 Å². The molecular weight excluding hydrogens is 376 g/mol. The molecule has 1 aromatic rings. The van der Waals surface area contributed by atoms with Crippen LogP contribution in [0.25, 0.3) is 0 Å². The number of rotatable bonds is 16. The molecule has 1 rings (SSSR count). The lowest BCUT2D eigenvalue weighted by molar-refractivity contribution is -0.144. The van der Waals surface area contributed by atoms with Crippen LogP contribution >= 0.6 is 11.6 Å². The number of benzene rings is 1. The third-order valence-corrected chi connectivity index (χ3v) is 4.90. The number of carbonyl (C=O) groups excluding carboxylic acids is 2. The minimum absolute atomic E-state index is 0.0715. The summed E-state index contributed by atoms with van der Waals surface area (Å²) in [5, 5.41) is 0.450. The standard InChI is InChI=1S/C23H35ClO4/c1-2-3-4-9-14-19-27-22(25)17-10-7-5-6-8-11-18-23(26)28-21-16-13-12-15-20(21)24/h12-13,15-16H,2-11,14,17-19H2,1H3. The van der Waals surface area contributed by atoms with Gasteiger partial charge in [-0.3, -0.25) is 9.59 Å². The Bertz CT molecular complexity index is 559. The lowest BCUT2D eigenvalue weighted by atomic mass is 10.1. The molecule has 0 aliphatic carbocycles. The van der Waals surface area contributed by atoms with Crippen molar-refractivity contribution in [2.24, 2.45) is 0 Å². The molecule has 0 amide bonds. The maximum absolute atomic E-state index is 11.8. The van der Waals surface area contributed by atoms with Gasteiger partial charge in [-0.05, 0) is 31.4 Å². The van der Waals surface area contributed by atoms with E-state index in [0.717, 1.165) is 51.4 Å². The fraction of sp³-hybridized carbons (Fsp3) is 0.652. The number of hydrogen-bond acceptors (Lipinski definition) is 4. The molecule has 0 bridgehead atoms. The summed E-state index contributed by atoms with van der Waals surface area (Å²) in [6, 6.07) is 6.98. The molecule has 5 heteroatoms. The maximum atomic E-state index is 11.8. The number of halogens is 1. The molecule has 0 saturated carbocycles. The fourth-order valence-electron chi connectivity index (χ4n) is 2.91. The Morgan fingerprint density at radius 3 is 2.04 bits per heavy atom. The van der Waals surface area contributed by atoms with Crippen LogP contribution in [0.4, 0.5) is 0 Å². The predicted molar refractivity (Wildman–Crippen MR) is 114 cm³/mol. The van der Waals surface area contributed by atoms with Gasteiger partial charge in [-0.15, -0.1) is 0 Å². The van der Waals surface area contributed by atoms with Gasteiger partial charge in [-0.1, -0.05) is 82.0 Å². The molecule has 158 valence electrons. The Labute approximate surface area is 174 Å². The van der Waals surface area contributed by atoms with E-state index in [4.69, 9.17) is 21.1 Å². The van der Waals surface area contributed by atoms with Crippen molar-refractivity contribution in [3.8, 4) is 5.75 Å². The number of esters is 2. The molecule has 0 heterocycles. The molecule has 28 heavy (non-hydrogen) atoms. The molecular formula is C23H35ClO4. The van der Waals surface area contributed by atoms with E-state index in [1.54, 1.807) is 24.3 Å². The minimum Gasteiger partial charge on any atom is -0.466 e. The van der Waals surface area contributed by atoms with Crippen LogP contribution in [0.3, 0.4) is 0 Å². The molecule has 0 spiro atoms. The topological polar surface area (TPSA) is 52.6 Å². The lowest BCUT2D eigenvalue weighted by Crippen LogP contribution is -2.07. The summed E-state index contributed by atoms with van der Waals surface area (Å²) in [5.74, 6) is 0.102. The van der Waals surface area contributed by atoms with E-state index in [0.29, 0.717) is 30.2 Å². The van der Waals surface area contributed by atoms with E-state index >= 15 is 0 Å². The van der Waals surface area contributed by atoms with Crippen molar-refractivity contribution >= 4 is 23.5 Å². The Kier molecular flexibility index (Phi) is 14.4. The van der Waals surface area contributed by atoms with E-state index in [2.05, 4.69) is 6.92 Å². The molecule has 0 saturated heterocycles. The van der Waals surface area contributed by atoms with Crippen molar-refractivity contribution in [2.45, 2.75) is 90.4 Å². The first-order valence-electron chi connectivity index (χ1n) is 10.7. The highest BCUT2D eigenvalue weighted by Gasteiger charge is 2.07. The van der Waals surface area contributed by atoms with Crippen molar-refractivity contribution in [1.29, 1.82) is 0 Å². The molecule has 0 fully saturated rings. The Hall–Kier alpha value is -1.55. The van der Waals surface area contributed by atoms with Crippen LogP contribution in [-0.4, -0.2) is 18.5 Å². The second kappa shape index (κ2) is 16.4. The molecule has 0 aliphatic rings. The number of carbonyl (C=O) groups is 2. The number of unbranched alkanes of at least 4 members (excludes halogenated alkanes) is 9. The fourth-order valence-corrected chi connectivity index (χ4v) is 3.09. The van der Waals surface area contributed by atoms with Crippen LogP contribution in [0.1, 0.15) is 90.4 Å². The molecule has 0 aromatic heterocycles. The first-order chi connectivity index (χ1) is 13.6. The smallest absolute Gasteiger partial charge is 0.311 e. The maximum Gasteiger partial charge on any atom is 0.311 e. The normalized spacial score (nSPS) is 10.6. The van der Waals surface area contributed by atoms with Gasteiger partial charge in [0.1, 0.15) is 5.75 Å². The number of para-hydroxylation sites is 1. The van der Waals surface area contributed by atoms with Crippen molar-refractivity contribution in [3.05, 3.63) is 29.3 Å². The van der Waals surface area contributed by atoms with Gasteiger partial charge in [0.15, 0.2) is 0 Å². The van der Waals surface area contributed by atoms with Gasteiger partial charge in [-0.2, -0.15) is 0 Å². The van der Waals surface area contributed by atoms with Crippen molar-refractivity contribution in [3.63, 3.8) is 0 Å². The van der Waals surface area contributed by atoms with Crippen LogP contribution < -0.4 is 4.74 Å². The Morgan fingerprint density at radius 1 is 0.786 bits per heavy atom. The van der Waals surface area contributed by atoms with Gasteiger partial charge in [0.2, 0.25) is 0 Å². The molecule has 0 atom stereocenters. The first kappa shape index (κ1) is 24.5. The zero-order chi connectivity index (χ0) is 20.5. The predicted octanol–water partition coefficient (Wildman–Crippen LogP) is 6.88. The second-order valence-electron chi connectivity index (χ2n) is 7.16. The van der Waals surface area contributed by atoms with E-state index in [-0.39, 0.29) is 11.9 Å². The summed E-state index contributed by atoms with van der Waals surface area (Å²) < 4.78 is 10.5. The van der Waals surface area contributed by atoms with E-state index in [1.807, 2.05) is 0 Å². The summed E-state index contributed by atoms with van der Waals surface area (Å²) in [7, 11) is 0. The average Bonchev–Trinajstić information content (AvgIpc) is 2.68. The van der Waals surface area contributed by atoms with E-state index < -0.39 is 0 Å². The summed E-state index contributed by atoms with van der Waals surface area (Å²) in [6.45, 7) is 2.75. The molecule has 1 aromatic carbocycles. The molecule has 0 unspecified atom stereocenters. The zero-order valence-electron chi connectivity index (χ0n) is 17.2. The molecule has 4 nitrogen and oxygen atoms in total. The molecule has 0 radical (unpaired) electrons. The van der Waals surface area contributed by atoms with Gasteiger partial charge in [0.05, 0.1) is 11.6 Å². The van der Waals surface area contributed by atoms with Crippen LogP contribution in [0.5, 0.6) is 5.75 Å². The SMILES string of the molecule is CCCCCCCOC(=O)CCCCCCCCC(=O)Oc1ccccc1Cl. The van der Waals surface area contributed by atoms with E-state index in [1.165, 1.54) is 19.3 Å². The van der Waals surface area contributed by atoms with Crippen LogP contribution in [0, 0.1) is 0 Å². The van der Waals surface area contributed by atoms with Gasteiger partial charge < -0.3 is 9.47 Å². The van der Waals surface area contributed by atoms with Crippen molar-refractivity contribution in [2.75, 3.05) is 6.61 Å². The highest BCUT2D eigenvalue weighted by atomic mass is 35.5. The summed E-state index contributed by atoms with van der Waals surface area (Å²) in [6.07, 6.45) is 12.6. The Morgan fingerprint density at radius 2 is 1.36 bits per heavy atom. The molecule has 0 aliphatic heterocycles. The van der Waals surface area contributed by atoms with Gasteiger partial charge >= 0.3 is 11.9 Å². The van der Waals surface area contributed by atoms with E-state index in [9.17, 15) is 9.59 Å². The van der Waals surface area contributed by atoms with Crippen LogP contribution in [-0.2, 0) is 14.3 Å². The molecule has 0 N–H and O–H groups in total. The first-order valence-corrected chi connectivity index (χ1v) is 11.1. The lowest BCUT2D eigenvalue weighted by Gasteiger charge is -2.06. The average molecular weight is 411 g/mol. The van der Waals surface area contributed by atoms with Gasteiger partial charge in [0, 0.05) is 12.8 Å². The Balaban J connectivity index is 1.90. The third kappa shape index (κ3) is 12.8. The minimum atomic E-state index is -0.245. The quantitative estimate of drug-likeness (QED) is 0.169. The number of ether oxygens (including phenoxy) is 2. The van der Waals surface area contributed by atoms with Gasteiger partial charge in [-0.25, -0.2) is 0 Å². The second-order valence-corrected chi connectivity index (χ2v) is 7.57. The summed E-state index contributed by atoms with van der Waals surface area (Å²) >= 11 is 5.97. The monoisotopic (exact) mass is 410 g/mol. The van der Waals surface area contributed by atoms with Crippen molar-refractivity contribution in [1.82, 2.24) is 0 Å². The summed E-state index contributed by atoms with van der Waals surface area (Å²) in [4.78, 5) is 23.4. The highest BCUT2D eigenvalue weighted by molar-refractivity contribution is 6.32. The summed E-state index contributed by atoms with van der Waals surface area (Å²) in [5.41, 5.74) is 0. The zero-order valence-corrected chi connectivity index (χ0v) is 18.0. The van der Waals surface area contributed by atoms with Crippen LogP contribution in [0.15, 0.2) is 24.3 Å². The largest absolute Gasteiger partial charge is 0.466 e. The number of hydrogen-bond donors (Lipinski definition) is 0. The highest BCUT2D eigenvalue weighted by Crippen LogP contribution is 2.23.